The maximum atomic E-state index is 12.5. The number of anilines is 1. The predicted molar refractivity (Wildman–Crippen MR) is 96.7 cm³/mol. The van der Waals surface area contributed by atoms with Crippen molar-refractivity contribution in [2.24, 2.45) is 5.92 Å². The van der Waals surface area contributed by atoms with E-state index in [1.54, 1.807) is 19.5 Å². The Morgan fingerprint density at radius 1 is 1.20 bits per heavy atom. The van der Waals surface area contributed by atoms with Crippen molar-refractivity contribution in [3.63, 3.8) is 0 Å². The summed E-state index contributed by atoms with van der Waals surface area (Å²) in [6.45, 7) is 4.48. The number of hydrogen-bond acceptors (Lipinski definition) is 5. The first-order valence-electron chi connectivity index (χ1n) is 8.64. The molecule has 1 aromatic heterocycles. The number of benzene rings is 1. The number of carbonyl (C=O) groups excluding carboxylic acids is 1. The van der Waals surface area contributed by atoms with Gasteiger partial charge in [0.15, 0.2) is 0 Å². The van der Waals surface area contributed by atoms with Crippen LogP contribution in [0.4, 0.5) is 5.95 Å². The van der Waals surface area contributed by atoms with Crippen molar-refractivity contribution in [2.75, 3.05) is 25.5 Å². The third-order valence-electron chi connectivity index (χ3n) is 4.58. The molecule has 1 aromatic carbocycles. The molecule has 1 fully saturated rings. The molecule has 1 amide bonds. The number of rotatable bonds is 5. The number of nitrogens with zero attached hydrogens (tertiary/aromatic N) is 3. The fourth-order valence-corrected chi connectivity index (χ4v) is 2.85. The van der Waals surface area contributed by atoms with Crippen molar-refractivity contribution in [1.29, 1.82) is 0 Å². The largest absolute Gasteiger partial charge is 0.497 e. The molecule has 1 aliphatic heterocycles. The second kappa shape index (κ2) is 7.96. The molecule has 6 heteroatoms. The van der Waals surface area contributed by atoms with E-state index >= 15 is 0 Å². The topological polar surface area (TPSA) is 67.3 Å². The van der Waals surface area contributed by atoms with E-state index in [1.165, 1.54) is 0 Å². The molecule has 6 nitrogen and oxygen atoms in total. The third kappa shape index (κ3) is 4.47. The minimum atomic E-state index is 0.0219. The summed E-state index contributed by atoms with van der Waals surface area (Å²) in [6, 6.07) is 7.81. The van der Waals surface area contributed by atoms with E-state index < -0.39 is 0 Å². The van der Waals surface area contributed by atoms with Crippen LogP contribution < -0.4 is 10.1 Å². The van der Waals surface area contributed by atoms with Crippen molar-refractivity contribution >= 4 is 11.9 Å². The first kappa shape index (κ1) is 17.2. The number of amides is 1. The molecule has 3 rings (SSSR count). The van der Waals surface area contributed by atoms with Crippen LogP contribution in [0.25, 0.3) is 0 Å². The van der Waals surface area contributed by atoms with E-state index in [0.717, 1.165) is 37.2 Å². The van der Waals surface area contributed by atoms with E-state index in [2.05, 4.69) is 22.2 Å². The van der Waals surface area contributed by atoms with Crippen molar-refractivity contribution in [3.8, 4) is 5.75 Å². The minimum Gasteiger partial charge on any atom is -0.497 e. The van der Waals surface area contributed by atoms with Gasteiger partial charge < -0.3 is 15.0 Å². The number of ether oxygens (including phenoxy) is 1. The molecule has 0 spiro atoms. The molecule has 0 unspecified atom stereocenters. The summed E-state index contributed by atoms with van der Waals surface area (Å²) in [5.41, 5.74) is 1.65. The van der Waals surface area contributed by atoms with Gasteiger partial charge in [-0.05, 0) is 36.5 Å². The molecule has 132 valence electrons. The number of hydrogen-bond donors (Lipinski definition) is 1. The Kier molecular flexibility index (Phi) is 5.48. The van der Waals surface area contributed by atoms with E-state index in [1.807, 2.05) is 29.2 Å². The monoisotopic (exact) mass is 340 g/mol. The zero-order valence-corrected chi connectivity index (χ0v) is 14.7. The number of nitrogens with one attached hydrogen (secondary N) is 1. The Bertz CT molecular complexity index is 692. The van der Waals surface area contributed by atoms with Crippen LogP contribution in [0, 0.1) is 5.92 Å². The van der Waals surface area contributed by atoms with Crippen LogP contribution in [0.3, 0.4) is 0 Å². The summed E-state index contributed by atoms with van der Waals surface area (Å²) in [7, 11) is 1.65. The highest BCUT2D eigenvalue weighted by molar-refractivity contribution is 5.93. The minimum absolute atomic E-state index is 0.0219. The fourth-order valence-electron chi connectivity index (χ4n) is 2.85. The van der Waals surface area contributed by atoms with Crippen molar-refractivity contribution in [2.45, 2.75) is 26.3 Å². The fraction of sp³-hybridized carbons (Fsp3) is 0.421. The standard InChI is InChI=1S/C19H24N4O2/c1-14-7-9-23(10-8-14)18(24)16-12-21-19(22-13-16)20-11-15-3-5-17(25-2)6-4-15/h3-6,12-14H,7-11H2,1-2H3,(H,20,21,22). The number of aromatic nitrogens is 2. The van der Waals surface area contributed by atoms with Gasteiger partial charge in [0.05, 0.1) is 12.7 Å². The van der Waals surface area contributed by atoms with Gasteiger partial charge in [-0.2, -0.15) is 0 Å². The summed E-state index contributed by atoms with van der Waals surface area (Å²) in [6.07, 6.45) is 5.33. The Labute approximate surface area is 148 Å². The molecule has 1 aliphatic rings. The molecule has 0 atom stereocenters. The van der Waals surface area contributed by atoms with Gasteiger partial charge in [0.1, 0.15) is 5.75 Å². The van der Waals surface area contributed by atoms with Crippen LogP contribution in [0.2, 0.25) is 0 Å². The Hall–Kier alpha value is -2.63. The Balaban J connectivity index is 1.55. The molecular weight excluding hydrogens is 316 g/mol. The first-order chi connectivity index (χ1) is 12.2. The van der Waals surface area contributed by atoms with Crippen LogP contribution in [0.5, 0.6) is 5.75 Å². The highest BCUT2D eigenvalue weighted by Crippen LogP contribution is 2.18. The predicted octanol–water partition coefficient (Wildman–Crippen LogP) is 2.97. The average Bonchev–Trinajstić information content (AvgIpc) is 2.67. The van der Waals surface area contributed by atoms with Crippen LogP contribution in [-0.4, -0.2) is 41.0 Å². The van der Waals surface area contributed by atoms with E-state index in [4.69, 9.17) is 4.74 Å². The lowest BCUT2D eigenvalue weighted by Crippen LogP contribution is -2.38. The molecule has 2 aromatic rings. The number of carbonyl (C=O) groups is 1. The SMILES string of the molecule is COc1ccc(CNc2ncc(C(=O)N3CCC(C)CC3)cn2)cc1. The van der Waals surface area contributed by atoms with Crippen molar-refractivity contribution in [3.05, 3.63) is 47.8 Å². The van der Waals surface area contributed by atoms with Crippen molar-refractivity contribution in [1.82, 2.24) is 14.9 Å². The molecule has 0 bridgehead atoms. The van der Waals surface area contributed by atoms with Gasteiger partial charge in [0, 0.05) is 32.0 Å². The summed E-state index contributed by atoms with van der Waals surface area (Å²) >= 11 is 0. The van der Waals surface area contributed by atoms with Crippen LogP contribution >= 0.6 is 0 Å². The second-order valence-electron chi connectivity index (χ2n) is 6.47. The zero-order valence-electron chi connectivity index (χ0n) is 14.7. The van der Waals surface area contributed by atoms with Gasteiger partial charge in [-0.15, -0.1) is 0 Å². The summed E-state index contributed by atoms with van der Waals surface area (Å²) in [5, 5.41) is 3.16. The molecule has 1 saturated heterocycles. The average molecular weight is 340 g/mol. The van der Waals surface area contributed by atoms with E-state index in [9.17, 15) is 4.79 Å². The van der Waals surface area contributed by atoms with Crippen LogP contribution in [-0.2, 0) is 6.54 Å². The molecule has 1 N–H and O–H groups in total. The maximum absolute atomic E-state index is 12.5. The maximum Gasteiger partial charge on any atom is 0.256 e. The van der Waals surface area contributed by atoms with Crippen LogP contribution in [0.15, 0.2) is 36.7 Å². The number of likely N-dealkylation sites (tertiary alicyclic amines) is 1. The first-order valence-corrected chi connectivity index (χ1v) is 8.64. The quantitative estimate of drug-likeness (QED) is 0.906. The van der Waals surface area contributed by atoms with Crippen molar-refractivity contribution < 1.29 is 9.53 Å². The molecule has 25 heavy (non-hydrogen) atoms. The molecule has 0 aliphatic carbocycles. The summed E-state index contributed by atoms with van der Waals surface area (Å²) < 4.78 is 5.14. The summed E-state index contributed by atoms with van der Waals surface area (Å²) in [5.74, 6) is 2.06. The summed E-state index contributed by atoms with van der Waals surface area (Å²) in [4.78, 5) is 22.9. The van der Waals surface area contributed by atoms with E-state index in [0.29, 0.717) is 24.0 Å². The highest BCUT2D eigenvalue weighted by atomic mass is 16.5. The van der Waals surface area contributed by atoms with Gasteiger partial charge >= 0.3 is 0 Å². The smallest absolute Gasteiger partial charge is 0.256 e. The van der Waals surface area contributed by atoms with Gasteiger partial charge in [-0.3, -0.25) is 4.79 Å². The zero-order chi connectivity index (χ0) is 17.6. The lowest BCUT2D eigenvalue weighted by molar-refractivity contribution is 0.0696. The highest BCUT2D eigenvalue weighted by Gasteiger charge is 2.21. The van der Waals surface area contributed by atoms with Gasteiger partial charge in [0.25, 0.3) is 5.91 Å². The van der Waals surface area contributed by atoms with Crippen LogP contribution in [0.1, 0.15) is 35.7 Å². The molecule has 0 radical (unpaired) electrons. The van der Waals surface area contributed by atoms with Gasteiger partial charge in [0.2, 0.25) is 5.95 Å². The lowest BCUT2D eigenvalue weighted by atomic mass is 9.99. The normalized spacial score (nSPS) is 15.0. The Morgan fingerprint density at radius 2 is 1.84 bits per heavy atom. The lowest BCUT2D eigenvalue weighted by Gasteiger charge is -2.30. The third-order valence-corrected chi connectivity index (χ3v) is 4.58. The molecular formula is C19H24N4O2. The molecule has 0 saturated carbocycles. The Morgan fingerprint density at radius 3 is 2.44 bits per heavy atom. The molecule has 2 heterocycles. The van der Waals surface area contributed by atoms with E-state index in [-0.39, 0.29) is 5.91 Å². The second-order valence-corrected chi connectivity index (χ2v) is 6.47. The number of methoxy groups -OCH3 is 1. The number of piperidine rings is 1. The van der Waals surface area contributed by atoms with Gasteiger partial charge in [-0.25, -0.2) is 9.97 Å². The van der Waals surface area contributed by atoms with Gasteiger partial charge in [-0.1, -0.05) is 19.1 Å².